The van der Waals surface area contributed by atoms with Crippen molar-refractivity contribution in [1.82, 2.24) is 19.7 Å². The second-order valence-electron chi connectivity index (χ2n) is 6.05. The predicted molar refractivity (Wildman–Crippen MR) is 92.0 cm³/mol. The summed E-state index contributed by atoms with van der Waals surface area (Å²) in [5.41, 5.74) is 1.16. The highest BCUT2D eigenvalue weighted by atomic mass is 35.5. The van der Waals surface area contributed by atoms with Gasteiger partial charge < -0.3 is 4.90 Å². The highest BCUT2D eigenvalue weighted by Gasteiger charge is 2.22. The first-order chi connectivity index (χ1) is 10.5. The zero-order chi connectivity index (χ0) is 15.7. The smallest absolute Gasteiger partial charge is 0.185 e. The SMILES string of the molecule is Cc1nc(N(C)C)sc1CN1CCC(n2cc(Cl)cn2)CC1. The number of hydrogen-bond donors (Lipinski definition) is 0. The van der Waals surface area contributed by atoms with E-state index in [4.69, 9.17) is 11.6 Å². The van der Waals surface area contributed by atoms with E-state index in [1.165, 1.54) is 4.88 Å². The van der Waals surface area contributed by atoms with Crippen molar-refractivity contribution >= 4 is 28.1 Å². The van der Waals surface area contributed by atoms with Crippen LogP contribution >= 0.6 is 22.9 Å². The Labute approximate surface area is 140 Å². The Balaban J connectivity index is 1.58. The molecule has 1 aliphatic heterocycles. The largest absolute Gasteiger partial charge is 0.354 e. The zero-order valence-electron chi connectivity index (χ0n) is 13.3. The lowest BCUT2D eigenvalue weighted by atomic mass is 10.1. The maximum absolute atomic E-state index is 5.96. The Bertz CT molecular complexity index is 628. The Morgan fingerprint density at radius 2 is 2.09 bits per heavy atom. The van der Waals surface area contributed by atoms with Crippen LogP contribution in [-0.2, 0) is 6.54 Å². The van der Waals surface area contributed by atoms with Gasteiger partial charge in [0.1, 0.15) is 0 Å². The standard InChI is InChI=1S/C15H22ClN5S/c1-11-14(22-15(18-11)19(2)3)10-20-6-4-13(5-7-20)21-9-12(16)8-17-21/h8-9,13H,4-7,10H2,1-3H3. The molecule has 0 bridgehead atoms. The molecule has 0 N–H and O–H groups in total. The number of thiazole rings is 1. The van der Waals surface area contributed by atoms with Crippen molar-refractivity contribution in [2.75, 3.05) is 32.1 Å². The van der Waals surface area contributed by atoms with Gasteiger partial charge in [-0.3, -0.25) is 9.58 Å². The van der Waals surface area contributed by atoms with Crippen LogP contribution in [0.25, 0.3) is 0 Å². The molecule has 5 nitrogen and oxygen atoms in total. The predicted octanol–water partition coefficient (Wildman–Crippen LogP) is 3.20. The molecule has 0 atom stereocenters. The Morgan fingerprint density at radius 3 is 2.64 bits per heavy atom. The number of hydrogen-bond acceptors (Lipinski definition) is 5. The van der Waals surface area contributed by atoms with E-state index in [0.29, 0.717) is 6.04 Å². The lowest BCUT2D eigenvalue weighted by Crippen LogP contribution is -2.34. The second-order valence-corrected chi connectivity index (χ2v) is 7.54. The van der Waals surface area contributed by atoms with E-state index in [1.54, 1.807) is 17.5 Å². The molecule has 7 heteroatoms. The minimum Gasteiger partial charge on any atom is -0.354 e. The van der Waals surface area contributed by atoms with Gasteiger partial charge in [-0.05, 0) is 19.8 Å². The van der Waals surface area contributed by atoms with Crippen molar-refractivity contribution in [3.05, 3.63) is 28.0 Å². The van der Waals surface area contributed by atoms with E-state index < -0.39 is 0 Å². The van der Waals surface area contributed by atoms with Gasteiger partial charge in [0.15, 0.2) is 5.13 Å². The highest BCUT2D eigenvalue weighted by Crippen LogP contribution is 2.28. The first kappa shape index (κ1) is 15.8. The number of piperidine rings is 1. The number of aryl methyl sites for hydroxylation is 1. The number of anilines is 1. The van der Waals surface area contributed by atoms with Gasteiger partial charge in [-0.15, -0.1) is 11.3 Å². The van der Waals surface area contributed by atoms with Crippen molar-refractivity contribution in [3.63, 3.8) is 0 Å². The van der Waals surface area contributed by atoms with Crippen LogP contribution in [0.3, 0.4) is 0 Å². The van der Waals surface area contributed by atoms with Crippen LogP contribution in [0, 0.1) is 6.92 Å². The van der Waals surface area contributed by atoms with Gasteiger partial charge in [0.05, 0.1) is 23.0 Å². The van der Waals surface area contributed by atoms with Crippen LogP contribution < -0.4 is 4.90 Å². The normalized spacial score (nSPS) is 17.1. The fraction of sp³-hybridized carbons (Fsp3) is 0.600. The first-order valence-electron chi connectivity index (χ1n) is 7.58. The van der Waals surface area contributed by atoms with Crippen LogP contribution in [0.5, 0.6) is 0 Å². The molecular formula is C15H22ClN5S. The van der Waals surface area contributed by atoms with E-state index in [1.807, 2.05) is 25.0 Å². The maximum Gasteiger partial charge on any atom is 0.185 e. The molecule has 1 fully saturated rings. The topological polar surface area (TPSA) is 37.2 Å². The highest BCUT2D eigenvalue weighted by molar-refractivity contribution is 7.15. The zero-order valence-corrected chi connectivity index (χ0v) is 14.9. The number of aromatic nitrogens is 3. The van der Waals surface area contributed by atoms with Gasteiger partial charge in [-0.1, -0.05) is 11.6 Å². The number of rotatable bonds is 4. The third kappa shape index (κ3) is 3.45. The Morgan fingerprint density at radius 1 is 1.36 bits per heavy atom. The third-order valence-corrected chi connectivity index (χ3v) is 5.64. The van der Waals surface area contributed by atoms with Crippen LogP contribution in [0.15, 0.2) is 12.4 Å². The Hall–Kier alpha value is -1.11. The fourth-order valence-electron chi connectivity index (χ4n) is 2.81. The Kier molecular flexibility index (Phi) is 4.70. The summed E-state index contributed by atoms with van der Waals surface area (Å²) >= 11 is 7.76. The van der Waals surface area contributed by atoms with Crippen LogP contribution in [0.1, 0.15) is 29.5 Å². The molecule has 3 heterocycles. The van der Waals surface area contributed by atoms with Gasteiger partial charge in [-0.2, -0.15) is 5.10 Å². The molecule has 22 heavy (non-hydrogen) atoms. The molecule has 0 saturated carbocycles. The van der Waals surface area contributed by atoms with Gasteiger partial charge in [0.2, 0.25) is 0 Å². The van der Waals surface area contributed by atoms with Crippen molar-refractivity contribution < 1.29 is 0 Å². The molecule has 0 unspecified atom stereocenters. The average Bonchev–Trinajstić information content (AvgIpc) is 3.07. The van der Waals surface area contributed by atoms with Crippen LogP contribution in [-0.4, -0.2) is 46.8 Å². The lowest BCUT2D eigenvalue weighted by Gasteiger charge is -2.31. The van der Waals surface area contributed by atoms with Crippen molar-refractivity contribution in [1.29, 1.82) is 0 Å². The quantitative estimate of drug-likeness (QED) is 0.857. The van der Waals surface area contributed by atoms with Crippen molar-refractivity contribution in [3.8, 4) is 0 Å². The summed E-state index contributed by atoms with van der Waals surface area (Å²) in [6.07, 6.45) is 5.89. The van der Waals surface area contributed by atoms with Gasteiger partial charge >= 0.3 is 0 Å². The number of nitrogens with zero attached hydrogens (tertiary/aromatic N) is 5. The summed E-state index contributed by atoms with van der Waals surface area (Å²) in [5.74, 6) is 0. The van der Waals surface area contributed by atoms with Crippen molar-refractivity contribution in [2.24, 2.45) is 0 Å². The molecule has 1 saturated heterocycles. The number of likely N-dealkylation sites (tertiary alicyclic amines) is 1. The average molecular weight is 340 g/mol. The van der Waals surface area contributed by atoms with E-state index >= 15 is 0 Å². The molecule has 120 valence electrons. The summed E-state index contributed by atoms with van der Waals surface area (Å²) in [7, 11) is 4.09. The second kappa shape index (κ2) is 6.56. The molecule has 1 aliphatic rings. The molecule has 0 radical (unpaired) electrons. The molecule has 0 aliphatic carbocycles. The van der Waals surface area contributed by atoms with E-state index in [2.05, 4.69) is 26.8 Å². The summed E-state index contributed by atoms with van der Waals surface area (Å²) in [6.45, 7) is 5.30. The fourth-order valence-corrected chi connectivity index (χ4v) is 3.98. The van der Waals surface area contributed by atoms with E-state index in [9.17, 15) is 0 Å². The summed E-state index contributed by atoms with van der Waals surface area (Å²) in [5, 5.41) is 6.15. The molecule has 0 spiro atoms. The molecule has 0 aromatic carbocycles. The molecule has 3 rings (SSSR count). The minimum absolute atomic E-state index is 0.476. The summed E-state index contributed by atoms with van der Waals surface area (Å²) in [4.78, 5) is 10.6. The maximum atomic E-state index is 5.96. The molecule has 2 aromatic heterocycles. The van der Waals surface area contributed by atoms with Gasteiger partial charge in [0, 0.05) is 44.8 Å². The first-order valence-corrected chi connectivity index (χ1v) is 8.78. The van der Waals surface area contributed by atoms with Crippen molar-refractivity contribution in [2.45, 2.75) is 32.4 Å². The summed E-state index contributed by atoms with van der Waals surface area (Å²) in [6, 6.07) is 0.476. The monoisotopic (exact) mass is 339 g/mol. The minimum atomic E-state index is 0.476. The molecular weight excluding hydrogens is 318 g/mol. The van der Waals surface area contributed by atoms with Crippen LogP contribution in [0.4, 0.5) is 5.13 Å². The summed E-state index contributed by atoms with van der Waals surface area (Å²) < 4.78 is 2.02. The van der Waals surface area contributed by atoms with Gasteiger partial charge in [0.25, 0.3) is 0 Å². The number of halogens is 1. The molecule has 0 amide bonds. The lowest BCUT2D eigenvalue weighted by molar-refractivity contribution is 0.174. The van der Waals surface area contributed by atoms with Gasteiger partial charge in [-0.25, -0.2) is 4.98 Å². The molecule has 2 aromatic rings. The third-order valence-electron chi connectivity index (χ3n) is 4.13. The van der Waals surface area contributed by atoms with E-state index in [-0.39, 0.29) is 0 Å². The van der Waals surface area contributed by atoms with E-state index in [0.717, 1.165) is 48.3 Å². The van der Waals surface area contributed by atoms with Crippen LogP contribution in [0.2, 0.25) is 5.02 Å².